The average molecular weight is 223 g/mol. The predicted molar refractivity (Wildman–Crippen MR) is 59.3 cm³/mol. The molecule has 0 amide bonds. The van der Waals surface area contributed by atoms with Gasteiger partial charge in [0.05, 0.1) is 6.33 Å². The van der Waals surface area contributed by atoms with Crippen molar-refractivity contribution >= 4 is 17.1 Å². The first-order chi connectivity index (χ1) is 7.70. The highest BCUT2D eigenvalue weighted by Crippen LogP contribution is 2.05. The number of fused-ring (bicyclic) bond motifs is 1. The molecule has 0 aliphatic carbocycles. The summed E-state index contributed by atoms with van der Waals surface area (Å²) in [6, 6.07) is 0.0320. The lowest BCUT2D eigenvalue weighted by Crippen LogP contribution is -2.21. The Bertz CT molecular complexity index is 532. The highest BCUT2D eigenvalue weighted by Gasteiger charge is 2.07. The molecule has 2 rings (SSSR count). The number of aromatic amines is 2. The molecule has 7 nitrogen and oxygen atoms in total. The standard InChI is InChI=1S/C9H13N5O2/c1-5(2-3-15)12-9-13-7-6(8(16)14-9)10-4-11-7/h4-5,15H,2-3H2,1H3,(H3,10,11,12,13,14,16). The van der Waals surface area contributed by atoms with Crippen LogP contribution >= 0.6 is 0 Å². The topological polar surface area (TPSA) is 107 Å². The Kier molecular flexibility index (Phi) is 2.86. The first kappa shape index (κ1) is 10.6. The van der Waals surface area contributed by atoms with Gasteiger partial charge in [0, 0.05) is 12.6 Å². The summed E-state index contributed by atoms with van der Waals surface area (Å²) in [6.45, 7) is 1.98. The summed E-state index contributed by atoms with van der Waals surface area (Å²) in [4.78, 5) is 24.9. The third kappa shape index (κ3) is 2.03. The van der Waals surface area contributed by atoms with Gasteiger partial charge in [-0.1, -0.05) is 0 Å². The maximum atomic E-state index is 11.5. The van der Waals surface area contributed by atoms with E-state index >= 15 is 0 Å². The molecular weight excluding hydrogens is 210 g/mol. The molecule has 0 saturated heterocycles. The molecule has 0 bridgehead atoms. The van der Waals surface area contributed by atoms with Crippen LogP contribution in [0.5, 0.6) is 0 Å². The van der Waals surface area contributed by atoms with Gasteiger partial charge in [0.15, 0.2) is 11.2 Å². The van der Waals surface area contributed by atoms with Crippen molar-refractivity contribution in [1.29, 1.82) is 0 Å². The molecule has 0 aromatic carbocycles. The third-order valence-electron chi connectivity index (χ3n) is 2.24. The molecule has 0 aliphatic rings. The molecule has 2 aromatic heterocycles. The molecule has 86 valence electrons. The van der Waals surface area contributed by atoms with Crippen LogP contribution in [0, 0.1) is 0 Å². The first-order valence-corrected chi connectivity index (χ1v) is 5.01. The highest BCUT2D eigenvalue weighted by atomic mass is 16.3. The van der Waals surface area contributed by atoms with Crippen LogP contribution in [0.4, 0.5) is 5.95 Å². The quantitative estimate of drug-likeness (QED) is 0.575. The van der Waals surface area contributed by atoms with Crippen molar-refractivity contribution in [1.82, 2.24) is 19.9 Å². The lowest BCUT2D eigenvalue weighted by molar-refractivity contribution is 0.282. The largest absolute Gasteiger partial charge is 0.396 e. The number of aliphatic hydroxyl groups is 1. The molecule has 4 N–H and O–H groups in total. The number of hydrogen-bond donors (Lipinski definition) is 4. The molecule has 1 unspecified atom stereocenters. The van der Waals surface area contributed by atoms with E-state index in [1.807, 2.05) is 6.92 Å². The smallest absolute Gasteiger partial charge is 0.278 e. The summed E-state index contributed by atoms with van der Waals surface area (Å²) in [5, 5.41) is 11.7. The lowest BCUT2D eigenvalue weighted by Gasteiger charge is -2.11. The van der Waals surface area contributed by atoms with E-state index in [0.29, 0.717) is 23.5 Å². The van der Waals surface area contributed by atoms with E-state index < -0.39 is 0 Å². The molecule has 2 heterocycles. The van der Waals surface area contributed by atoms with Crippen molar-refractivity contribution in [3.05, 3.63) is 16.7 Å². The zero-order valence-corrected chi connectivity index (χ0v) is 8.82. The molecule has 0 spiro atoms. The second-order valence-corrected chi connectivity index (χ2v) is 3.57. The molecule has 1 atom stereocenters. The Balaban J connectivity index is 2.28. The van der Waals surface area contributed by atoms with Crippen LogP contribution in [0.3, 0.4) is 0 Å². The lowest BCUT2D eigenvalue weighted by atomic mass is 10.2. The Morgan fingerprint density at radius 2 is 2.44 bits per heavy atom. The van der Waals surface area contributed by atoms with E-state index in [4.69, 9.17) is 5.11 Å². The Morgan fingerprint density at radius 1 is 1.62 bits per heavy atom. The number of anilines is 1. The fraction of sp³-hybridized carbons (Fsp3) is 0.444. The number of aliphatic hydroxyl groups excluding tert-OH is 1. The third-order valence-corrected chi connectivity index (χ3v) is 2.24. The fourth-order valence-corrected chi connectivity index (χ4v) is 1.41. The number of H-pyrrole nitrogens is 2. The number of nitrogens with zero attached hydrogens (tertiary/aromatic N) is 2. The van der Waals surface area contributed by atoms with Gasteiger partial charge in [-0.15, -0.1) is 0 Å². The van der Waals surface area contributed by atoms with Crippen molar-refractivity contribution in [2.45, 2.75) is 19.4 Å². The summed E-state index contributed by atoms with van der Waals surface area (Å²) >= 11 is 0. The van der Waals surface area contributed by atoms with Crippen LogP contribution in [-0.4, -0.2) is 37.7 Å². The predicted octanol–water partition coefficient (Wildman–Crippen LogP) is -0.171. The van der Waals surface area contributed by atoms with Crippen molar-refractivity contribution < 1.29 is 5.11 Å². The van der Waals surface area contributed by atoms with Crippen LogP contribution in [0.15, 0.2) is 11.1 Å². The SMILES string of the molecule is CC(CCO)Nc1nc2nc[nH]c2c(=O)[nH]1. The van der Waals surface area contributed by atoms with E-state index in [1.165, 1.54) is 6.33 Å². The van der Waals surface area contributed by atoms with E-state index in [1.54, 1.807) is 0 Å². The summed E-state index contributed by atoms with van der Waals surface area (Å²) in [6.07, 6.45) is 2.01. The van der Waals surface area contributed by atoms with Gasteiger partial charge in [0.1, 0.15) is 0 Å². The number of hydrogen-bond acceptors (Lipinski definition) is 5. The van der Waals surface area contributed by atoms with E-state index in [2.05, 4.69) is 25.3 Å². The molecule has 16 heavy (non-hydrogen) atoms. The first-order valence-electron chi connectivity index (χ1n) is 5.01. The van der Waals surface area contributed by atoms with E-state index in [0.717, 1.165) is 0 Å². The van der Waals surface area contributed by atoms with Crippen molar-refractivity contribution in [3.63, 3.8) is 0 Å². The molecule has 0 radical (unpaired) electrons. The average Bonchev–Trinajstić information content (AvgIpc) is 2.66. The van der Waals surface area contributed by atoms with Crippen molar-refractivity contribution in [2.75, 3.05) is 11.9 Å². The minimum atomic E-state index is -0.263. The Labute approximate surface area is 90.9 Å². The summed E-state index contributed by atoms with van der Waals surface area (Å²) in [7, 11) is 0. The maximum absolute atomic E-state index is 11.5. The minimum Gasteiger partial charge on any atom is -0.396 e. The van der Waals surface area contributed by atoms with Crippen LogP contribution < -0.4 is 10.9 Å². The molecule has 7 heteroatoms. The maximum Gasteiger partial charge on any atom is 0.278 e. The second kappa shape index (κ2) is 4.31. The van der Waals surface area contributed by atoms with Crippen molar-refractivity contribution in [3.8, 4) is 0 Å². The van der Waals surface area contributed by atoms with Crippen LogP contribution in [0.25, 0.3) is 11.2 Å². The number of imidazole rings is 1. The minimum absolute atomic E-state index is 0.0320. The molecule has 2 aromatic rings. The van der Waals surface area contributed by atoms with Crippen LogP contribution in [0.1, 0.15) is 13.3 Å². The summed E-state index contributed by atoms with van der Waals surface area (Å²) in [5.41, 5.74) is 0.476. The van der Waals surface area contributed by atoms with Gasteiger partial charge >= 0.3 is 0 Å². The highest BCUT2D eigenvalue weighted by molar-refractivity contribution is 5.69. The molecular formula is C9H13N5O2. The van der Waals surface area contributed by atoms with Gasteiger partial charge in [-0.25, -0.2) is 4.98 Å². The van der Waals surface area contributed by atoms with E-state index in [9.17, 15) is 4.79 Å². The Hall–Kier alpha value is -1.89. The molecule has 0 saturated carbocycles. The van der Waals surface area contributed by atoms with Crippen LogP contribution in [-0.2, 0) is 0 Å². The normalized spacial score (nSPS) is 12.9. The molecule has 0 fully saturated rings. The van der Waals surface area contributed by atoms with Gasteiger partial charge in [-0.3, -0.25) is 9.78 Å². The number of rotatable bonds is 4. The van der Waals surface area contributed by atoms with Gasteiger partial charge in [-0.2, -0.15) is 4.98 Å². The second-order valence-electron chi connectivity index (χ2n) is 3.57. The number of nitrogens with one attached hydrogen (secondary N) is 3. The van der Waals surface area contributed by atoms with Gasteiger partial charge < -0.3 is 15.4 Å². The fourth-order valence-electron chi connectivity index (χ4n) is 1.41. The summed E-state index contributed by atoms with van der Waals surface area (Å²) < 4.78 is 0. The Morgan fingerprint density at radius 3 is 3.19 bits per heavy atom. The monoisotopic (exact) mass is 223 g/mol. The van der Waals surface area contributed by atoms with Crippen LogP contribution in [0.2, 0.25) is 0 Å². The zero-order valence-electron chi connectivity index (χ0n) is 8.82. The van der Waals surface area contributed by atoms with Crippen molar-refractivity contribution in [2.24, 2.45) is 0 Å². The van der Waals surface area contributed by atoms with Gasteiger partial charge in [0.2, 0.25) is 5.95 Å². The van der Waals surface area contributed by atoms with E-state index in [-0.39, 0.29) is 18.2 Å². The number of aromatic nitrogens is 4. The van der Waals surface area contributed by atoms with Gasteiger partial charge in [-0.05, 0) is 13.3 Å². The summed E-state index contributed by atoms with van der Waals surface area (Å²) in [5.74, 6) is 0.366. The zero-order chi connectivity index (χ0) is 11.5. The van der Waals surface area contributed by atoms with Gasteiger partial charge in [0.25, 0.3) is 5.56 Å². The molecule has 0 aliphatic heterocycles.